The Bertz CT molecular complexity index is 338. The predicted molar refractivity (Wildman–Crippen MR) is 52.0 cm³/mol. The first-order chi connectivity index (χ1) is 6.27. The van der Waals surface area contributed by atoms with Gasteiger partial charge in [-0.05, 0) is 0 Å². The summed E-state index contributed by atoms with van der Waals surface area (Å²) in [6.45, 7) is 0.249. The molecule has 1 N–H and O–H groups in total. The quantitative estimate of drug-likeness (QED) is 0.734. The van der Waals surface area contributed by atoms with Gasteiger partial charge in [0.05, 0.1) is 18.5 Å². The molecule has 1 rings (SSSR count). The van der Waals surface area contributed by atoms with Gasteiger partial charge in [-0.2, -0.15) is 0 Å². The van der Waals surface area contributed by atoms with Crippen molar-refractivity contribution in [1.29, 1.82) is 0 Å². The zero-order chi connectivity index (χ0) is 9.68. The monoisotopic (exact) mass is 195 g/mol. The lowest BCUT2D eigenvalue weighted by molar-refractivity contribution is 0.0962. The second-order valence-electron chi connectivity index (χ2n) is 2.24. The fraction of sp³-hybridized carbons (Fsp3) is 0.222. The number of thiophene rings is 1. The summed E-state index contributed by atoms with van der Waals surface area (Å²) in [7, 11) is 1.56. The third-order valence-electron chi connectivity index (χ3n) is 1.39. The Morgan fingerprint density at radius 1 is 1.85 bits per heavy atom. The van der Waals surface area contributed by atoms with Crippen LogP contribution in [-0.2, 0) is 0 Å². The molecular weight excluding hydrogens is 186 g/mol. The third-order valence-corrected chi connectivity index (χ3v) is 2.29. The van der Waals surface area contributed by atoms with Crippen LogP contribution in [0, 0.1) is 12.3 Å². The van der Waals surface area contributed by atoms with Gasteiger partial charge in [-0.15, -0.1) is 17.8 Å². The molecule has 0 unspecified atom stereocenters. The second-order valence-corrected chi connectivity index (χ2v) is 3.15. The highest BCUT2D eigenvalue weighted by Gasteiger charge is 2.07. The molecule has 3 nitrogen and oxygen atoms in total. The van der Waals surface area contributed by atoms with E-state index in [0.29, 0.717) is 10.6 Å². The number of terminal acetylenes is 1. The highest BCUT2D eigenvalue weighted by molar-refractivity contribution is 7.12. The molecule has 4 heteroatoms. The van der Waals surface area contributed by atoms with E-state index in [0.717, 1.165) is 0 Å². The van der Waals surface area contributed by atoms with Gasteiger partial charge >= 0.3 is 0 Å². The topological polar surface area (TPSA) is 38.3 Å². The summed E-state index contributed by atoms with van der Waals surface area (Å²) >= 11 is 1.33. The predicted octanol–water partition coefficient (Wildman–Crippen LogP) is 1.12. The maximum absolute atomic E-state index is 11.3. The Labute approximate surface area is 80.7 Å². The molecule has 68 valence electrons. The number of rotatable bonds is 3. The maximum atomic E-state index is 11.3. The molecule has 0 aliphatic heterocycles. The number of hydrogen-bond donors (Lipinski definition) is 1. The lowest BCUT2D eigenvalue weighted by Gasteiger charge is -1.96. The number of amides is 1. The van der Waals surface area contributed by atoms with Crippen molar-refractivity contribution in [3.63, 3.8) is 0 Å². The molecule has 1 heterocycles. The molecule has 0 bridgehead atoms. The van der Waals surface area contributed by atoms with Crippen molar-refractivity contribution in [1.82, 2.24) is 5.32 Å². The van der Waals surface area contributed by atoms with Gasteiger partial charge in [0, 0.05) is 11.4 Å². The summed E-state index contributed by atoms with van der Waals surface area (Å²) in [4.78, 5) is 11.9. The molecule has 13 heavy (non-hydrogen) atoms. The molecule has 1 aromatic rings. The van der Waals surface area contributed by atoms with Crippen LogP contribution in [0.25, 0.3) is 0 Å². The van der Waals surface area contributed by atoms with Crippen LogP contribution in [0.4, 0.5) is 0 Å². The zero-order valence-corrected chi connectivity index (χ0v) is 7.98. The van der Waals surface area contributed by atoms with Gasteiger partial charge in [0.1, 0.15) is 5.75 Å². The van der Waals surface area contributed by atoms with Crippen molar-refractivity contribution >= 4 is 17.2 Å². The van der Waals surface area contributed by atoms with Crippen molar-refractivity contribution in [2.75, 3.05) is 13.7 Å². The molecule has 1 amide bonds. The minimum absolute atomic E-state index is 0.161. The minimum Gasteiger partial charge on any atom is -0.496 e. The summed E-state index contributed by atoms with van der Waals surface area (Å²) in [6.07, 6.45) is 5.00. The molecule has 0 fully saturated rings. The second kappa shape index (κ2) is 4.53. The molecule has 0 spiro atoms. The summed E-state index contributed by atoms with van der Waals surface area (Å²) in [6, 6.07) is 1.68. The van der Waals surface area contributed by atoms with Crippen molar-refractivity contribution in [3.05, 3.63) is 16.3 Å². The lowest BCUT2D eigenvalue weighted by Crippen LogP contribution is -2.22. The van der Waals surface area contributed by atoms with E-state index in [1.54, 1.807) is 18.6 Å². The average molecular weight is 195 g/mol. The van der Waals surface area contributed by atoms with Gasteiger partial charge in [0.25, 0.3) is 5.91 Å². The molecule has 1 aromatic heterocycles. The Kier molecular flexibility index (Phi) is 3.35. The van der Waals surface area contributed by atoms with E-state index >= 15 is 0 Å². The lowest BCUT2D eigenvalue weighted by atomic mass is 10.4. The van der Waals surface area contributed by atoms with E-state index in [-0.39, 0.29) is 12.5 Å². The van der Waals surface area contributed by atoms with Crippen molar-refractivity contribution in [2.24, 2.45) is 0 Å². The van der Waals surface area contributed by atoms with Gasteiger partial charge < -0.3 is 10.1 Å². The van der Waals surface area contributed by atoms with Crippen molar-refractivity contribution < 1.29 is 9.53 Å². The molecular formula is C9H9NO2S. The van der Waals surface area contributed by atoms with E-state index < -0.39 is 0 Å². The fourth-order valence-corrected chi connectivity index (χ4v) is 1.53. The Hall–Kier alpha value is -1.47. The van der Waals surface area contributed by atoms with Crippen LogP contribution in [0.3, 0.4) is 0 Å². The van der Waals surface area contributed by atoms with E-state index in [1.165, 1.54) is 11.3 Å². The summed E-state index contributed by atoms with van der Waals surface area (Å²) in [5.41, 5.74) is 0. The van der Waals surface area contributed by atoms with Gasteiger partial charge in [0.2, 0.25) is 0 Å². The highest BCUT2D eigenvalue weighted by atomic mass is 32.1. The van der Waals surface area contributed by atoms with E-state index in [2.05, 4.69) is 11.2 Å². The van der Waals surface area contributed by atoms with E-state index in [1.807, 2.05) is 0 Å². The average Bonchev–Trinajstić information content (AvgIpc) is 2.62. The first kappa shape index (κ1) is 9.62. The molecule has 0 radical (unpaired) electrons. The fourth-order valence-electron chi connectivity index (χ4n) is 0.763. The van der Waals surface area contributed by atoms with Gasteiger partial charge in [-0.25, -0.2) is 0 Å². The maximum Gasteiger partial charge on any atom is 0.262 e. The Balaban J connectivity index is 2.62. The number of nitrogens with one attached hydrogen (secondary N) is 1. The molecule has 0 saturated heterocycles. The number of ether oxygens (including phenoxy) is 1. The SMILES string of the molecule is C#CCNC(=O)c1cc(OC)cs1. The van der Waals surface area contributed by atoms with Crippen LogP contribution < -0.4 is 10.1 Å². The molecule has 0 atom stereocenters. The number of carbonyl (C=O) groups is 1. The zero-order valence-electron chi connectivity index (χ0n) is 7.16. The number of hydrogen-bond acceptors (Lipinski definition) is 3. The standard InChI is InChI=1S/C9H9NO2S/c1-3-4-10-9(11)8-5-7(12-2)6-13-8/h1,5-6H,4H2,2H3,(H,10,11). The van der Waals surface area contributed by atoms with Crippen molar-refractivity contribution in [2.45, 2.75) is 0 Å². The van der Waals surface area contributed by atoms with Crippen LogP contribution in [0.15, 0.2) is 11.4 Å². The van der Waals surface area contributed by atoms with E-state index in [9.17, 15) is 4.79 Å². The van der Waals surface area contributed by atoms with Crippen LogP contribution in [0.5, 0.6) is 5.75 Å². The molecule has 0 aliphatic rings. The first-order valence-corrected chi connectivity index (χ1v) is 4.50. The van der Waals surface area contributed by atoms with Crippen LogP contribution in [0.1, 0.15) is 9.67 Å². The molecule has 0 aromatic carbocycles. The summed E-state index contributed by atoms with van der Waals surface area (Å²) in [5.74, 6) is 2.86. The molecule has 0 aliphatic carbocycles. The summed E-state index contributed by atoms with van der Waals surface area (Å²) < 4.78 is 4.94. The van der Waals surface area contributed by atoms with Crippen LogP contribution in [0.2, 0.25) is 0 Å². The summed E-state index contributed by atoms with van der Waals surface area (Å²) in [5, 5.41) is 4.33. The van der Waals surface area contributed by atoms with Gasteiger partial charge in [-0.1, -0.05) is 5.92 Å². The minimum atomic E-state index is -0.161. The first-order valence-electron chi connectivity index (χ1n) is 3.62. The Morgan fingerprint density at radius 2 is 2.62 bits per heavy atom. The van der Waals surface area contributed by atoms with Gasteiger partial charge in [-0.3, -0.25) is 4.79 Å². The van der Waals surface area contributed by atoms with E-state index in [4.69, 9.17) is 11.2 Å². The van der Waals surface area contributed by atoms with Crippen molar-refractivity contribution in [3.8, 4) is 18.1 Å². The normalized spacial score (nSPS) is 8.92. The smallest absolute Gasteiger partial charge is 0.262 e. The highest BCUT2D eigenvalue weighted by Crippen LogP contribution is 2.20. The van der Waals surface area contributed by atoms with Crippen LogP contribution in [-0.4, -0.2) is 19.6 Å². The largest absolute Gasteiger partial charge is 0.496 e. The van der Waals surface area contributed by atoms with Crippen LogP contribution >= 0.6 is 11.3 Å². The number of carbonyl (C=O) groups excluding carboxylic acids is 1. The number of methoxy groups -OCH3 is 1. The Morgan fingerprint density at radius 3 is 3.15 bits per heavy atom. The van der Waals surface area contributed by atoms with Gasteiger partial charge in [0.15, 0.2) is 0 Å². The third kappa shape index (κ3) is 2.49. The molecule has 0 saturated carbocycles.